The normalized spacial score (nSPS) is 12.3. The Morgan fingerprint density at radius 3 is 2.60 bits per heavy atom. The Morgan fingerprint density at radius 1 is 1.24 bits per heavy atom. The molecular weight excluding hydrogens is 333 g/mol. The monoisotopic (exact) mass is 354 g/mol. The lowest BCUT2D eigenvalue weighted by atomic mass is 10.1. The van der Waals surface area contributed by atoms with Gasteiger partial charge in [0, 0.05) is 25.7 Å². The molecule has 2 N–H and O–H groups in total. The molecule has 0 saturated heterocycles. The summed E-state index contributed by atoms with van der Waals surface area (Å²) in [5.41, 5.74) is 1.77. The van der Waals surface area contributed by atoms with Crippen LogP contribution in [0.4, 0.5) is 13.2 Å². The van der Waals surface area contributed by atoms with E-state index >= 15 is 0 Å². The van der Waals surface area contributed by atoms with E-state index in [1.165, 1.54) is 6.07 Å². The number of nitrogens with zero attached hydrogens (tertiary/aromatic N) is 2. The second-order valence-electron chi connectivity index (χ2n) is 5.60. The zero-order valence-electron chi connectivity index (χ0n) is 14.4. The van der Waals surface area contributed by atoms with Gasteiger partial charge in [-0.25, -0.2) is 0 Å². The van der Waals surface area contributed by atoms with Crippen LogP contribution in [0.25, 0.3) is 0 Å². The summed E-state index contributed by atoms with van der Waals surface area (Å²) in [6, 6.07) is 5.22. The highest BCUT2D eigenvalue weighted by Crippen LogP contribution is 2.29. The van der Waals surface area contributed by atoms with Crippen molar-refractivity contribution < 1.29 is 17.7 Å². The van der Waals surface area contributed by atoms with Gasteiger partial charge in [-0.05, 0) is 38.0 Å². The Morgan fingerprint density at radius 2 is 2.00 bits per heavy atom. The smallest absolute Gasteiger partial charge is 0.361 e. The number of benzene rings is 1. The lowest BCUT2D eigenvalue weighted by Crippen LogP contribution is -2.38. The zero-order valence-corrected chi connectivity index (χ0v) is 14.4. The SMILES string of the molecule is CN=C(NCCc1c(C)noc1C)NCc1cccc(C(F)(F)F)c1. The van der Waals surface area contributed by atoms with Crippen molar-refractivity contribution in [3.05, 3.63) is 52.4 Å². The number of nitrogens with one attached hydrogen (secondary N) is 2. The predicted octanol–water partition coefficient (Wildman–Crippen LogP) is 3.22. The predicted molar refractivity (Wildman–Crippen MR) is 89.3 cm³/mol. The molecule has 0 spiro atoms. The van der Waals surface area contributed by atoms with E-state index in [1.807, 2.05) is 13.8 Å². The van der Waals surface area contributed by atoms with Crippen molar-refractivity contribution in [2.24, 2.45) is 4.99 Å². The number of aromatic nitrogens is 1. The van der Waals surface area contributed by atoms with E-state index in [0.29, 0.717) is 24.5 Å². The first-order valence-electron chi connectivity index (χ1n) is 7.83. The van der Waals surface area contributed by atoms with E-state index in [-0.39, 0.29) is 6.54 Å². The van der Waals surface area contributed by atoms with Crippen molar-refractivity contribution in [2.45, 2.75) is 33.0 Å². The fourth-order valence-electron chi connectivity index (χ4n) is 2.43. The van der Waals surface area contributed by atoms with Gasteiger partial charge in [0.25, 0.3) is 0 Å². The number of aryl methyl sites for hydroxylation is 2. The van der Waals surface area contributed by atoms with Crippen LogP contribution in [0, 0.1) is 13.8 Å². The number of aliphatic imine (C=N–C) groups is 1. The average Bonchev–Trinajstić information content (AvgIpc) is 2.89. The number of rotatable bonds is 5. The molecule has 25 heavy (non-hydrogen) atoms. The van der Waals surface area contributed by atoms with Crippen molar-refractivity contribution in [1.82, 2.24) is 15.8 Å². The van der Waals surface area contributed by atoms with E-state index in [4.69, 9.17) is 4.52 Å². The van der Waals surface area contributed by atoms with Gasteiger partial charge < -0.3 is 15.2 Å². The van der Waals surface area contributed by atoms with E-state index in [2.05, 4.69) is 20.8 Å². The summed E-state index contributed by atoms with van der Waals surface area (Å²) < 4.78 is 43.3. The number of hydrogen-bond acceptors (Lipinski definition) is 3. The molecule has 2 rings (SSSR count). The highest BCUT2D eigenvalue weighted by Gasteiger charge is 2.30. The molecule has 0 radical (unpaired) electrons. The molecular formula is C17H21F3N4O. The summed E-state index contributed by atoms with van der Waals surface area (Å²) in [5.74, 6) is 1.30. The van der Waals surface area contributed by atoms with Crippen LogP contribution in [0.2, 0.25) is 0 Å². The third-order valence-electron chi connectivity index (χ3n) is 3.79. The highest BCUT2D eigenvalue weighted by atomic mass is 19.4. The molecule has 0 amide bonds. The zero-order chi connectivity index (χ0) is 18.4. The lowest BCUT2D eigenvalue weighted by molar-refractivity contribution is -0.137. The first kappa shape index (κ1) is 18.8. The van der Waals surface area contributed by atoms with E-state index in [1.54, 1.807) is 13.1 Å². The fourth-order valence-corrected chi connectivity index (χ4v) is 2.43. The first-order valence-corrected chi connectivity index (χ1v) is 7.83. The van der Waals surface area contributed by atoms with Gasteiger partial charge in [-0.2, -0.15) is 13.2 Å². The van der Waals surface area contributed by atoms with E-state index in [9.17, 15) is 13.2 Å². The van der Waals surface area contributed by atoms with E-state index < -0.39 is 11.7 Å². The van der Waals surface area contributed by atoms with Crippen LogP contribution in [0.15, 0.2) is 33.8 Å². The minimum atomic E-state index is -4.34. The summed E-state index contributed by atoms with van der Waals surface area (Å²) in [6.45, 7) is 4.59. The molecule has 136 valence electrons. The minimum absolute atomic E-state index is 0.245. The number of alkyl halides is 3. The molecule has 2 aromatic rings. The standard InChI is InChI=1S/C17H21F3N4O/c1-11-15(12(2)25-24-11)7-8-22-16(21-3)23-10-13-5-4-6-14(9-13)17(18,19)20/h4-6,9H,7-8,10H2,1-3H3,(H2,21,22,23). The number of halogens is 3. The van der Waals surface area contributed by atoms with Gasteiger partial charge >= 0.3 is 6.18 Å². The van der Waals surface area contributed by atoms with Gasteiger partial charge in [-0.15, -0.1) is 0 Å². The van der Waals surface area contributed by atoms with Crippen molar-refractivity contribution in [3.8, 4) is 0 Å². The Labute approximate surface area is 144 Å². The molecule has 1 aromatic heterocycles. The van der Waals surface area contributed by atoms with Crippen LogP contribution >= 0.6 is 0 Å². The van der Waals surface area contributed by atoms with Crippen LogP contribution in [0.5, 0.6) is 0 Å². The average molecular weight is 354 g/mol. The minimum Gasteiger partial charge on any atom is -0.361 e. The molecule has 0 saturated carbocycles. The Balaban J connectivity index is 1.87. The van der Waals surface area contributed by atoms with Crippen molar-refractivity contribution in [2.75, 3.05) is 13.6 Å². The molecule has 0 aliphatic carbocycles. The summed E-state index contributed by atoms with van der Waals surface area (Å²) >= 11 is 0. The third-order valence-corrected chi connectivity index (χ3v) is 3.79. The Hall–Kier alpha value is -2.51. The first-order chi connectivity index (χ1) is 11.8. The van der Waals surface area contributed by atoms with Gasteiger partial charge in [-0.3, -0.25) is 4.99 Å². The lowest BCUT2D eigenvalue weighted by Gasteiger charge is -2.13. The second kappa shape index (κ2) is 8.04. The molecule has 0 aliphatic rings. The molecule has 8 heteroatoms. The molecule has 0 fully saturated rings. The van der Waals surface area contributed by atoms with Crippen LogP contribution in [0.1, 0.15) is 28.1 Å². The fraction of sp³-hybridized carbons (Fsp3) is 0.412. The Bertz CT molecular complexity index is 718. The molecule has 0 bridgehead atoms. The van der Waals surface area contributed by atoms with Crippen molar-refractivity contribution in [1.29, 1.82) is 0 Å². The Kier molecular flexibility index (Phi) is 6.06. The molecule has 0 aliphatic heterocycles. The number of guanidine groups is 1. The van der Waals surface area contributed by atoms with Crippen LogP contribution in [-0.2, 0) is 19.1 Å². The number of hydrogen-bond donors (Lipinski definition) is 2. The molecule has 1 aromatic carbocycles. The van der Waals surface area contributed by atoms with Gasteiger partial charge in [-0.1, -0.05) is 17.3 Å². The molecule has 0 unspecified atom stereocenters. The van der Waals surface area contributed by atoms with Crippen molar-refractivity contribution >= 4 is 5.96 Å². The summed E-state index contributed by atoms with van der Waals surface area (Å²) in [4.78, 5) is 4.07. The highest BCUT2D eigenvalue weighted by molar-refractivity contribution is 5.79. The van der Waals surface area contributed by atoms with Gasteiger partial charge in [0.1, 0.15) is 5.76 Å². The maximum Gasteiger partial charge on any atom is 0.416 e. The van der Waals surface area contributed by atoms with Gasteiger partial charge in [0.05, 0.1) is 11.3 Å². The summed E-state index contributed by atoms with van der Waals surface area (Å²) in [5, 5.41) is 10.0. The molecule has 1 heterocycles. The second-order valence-corrected chi connectivity index (χ2v) is 5.60. The molecule has 5 nitrogen and oxygen atoms in total. The van der Waals surface area contributed by atoms with Crippen LogP contribution in [-0.4, -0.2) is 24.7 Å². The largest absolute Gasteiger partial charge is 0.416 e. The third kappa shape index (κ3) is 5.23. The van der Waals surface area contributed by atoms with Gasteiger partial charge in [0.15, 0.2) is 5.96 Å². The summed E-state index contributed by atoms with van der Waals surface area (Å²) in [7, 11) is 1.61. The maximum absolute atomic E-state index is 12.7. The van der Waals surface area contributed by atoms with Gasteiger partial charge in [0.2, 0.25) is 0 Å². The quantitative estimate of drug-likeness (QED) is 0.639. The van der Waals surface area contributed by atoms with E-state index in [0.717, 1.165) is 29.2 Å². The summed E-state index contributed by atoms with van der Waals surface area (Å²) in [6.07, 6.45) is -3.63. The van der Waals surface area contributed by atoms with Crippen LogP contribution in [0.3, 0.4) is 0 Å². The maximum atomic E-state index is 12.7. The van der Waals surface area contributed by atoms with Crippen LogP contribution < -0.4 is 10.6 Å². The molecule has 0 atom stereocenters. The topological polar surface area (TPSA) is 62.5 Å². The van der Waals surface area contributed by atoms with Crippen molar-refractivity contribution in [3.63, 3.8) is 0 Å².